The molecule has 7 nitrogen and oxygen atoms in total. The summed E-state index contributed by atoms with van der Waals surface area (Å²) in [7, 11) is 0. The lowest BCUT2D eigenvalue weighted by Gasteiger charge is -2.14. The van der Waals surface area contributed by atoms with Crippen LogP contribution in [-0.2, 0) is 9.53 Å². The molecule has 1 aromatic carbocycles. The number of nitrogen functional groups attached to an aromatic ring is 1. The van der Waals surface area contributed by atoms with E-state index in [1.807, 2.05) is 31.2 Å². The van der Waals surface area contributed by atoms with Gasteiger partial charge in [-0.1, -0.05) is 34.6 Å². The number of nitrogens with two attached hydrogens (primary N) is 1. The minimum absolute atomic E-state index is 0.0316. The van der Waals surface area contributed by atoms with Gasteiger partial charge in [0.15, 0.2) is 5.16 Å². The molecule has 1 heterocycles. The molecule has 0 radical (unpaired) electrons. The fraction of sp³-hybridized carbons (Fsp3) is 0.294. The number of nitrogens with one attached hydrogen (secondary N) is 1. The molecule has 2 aromatic rings. The maximum Gasteiger partial charge on any atom is 0.343 e. The standard InChI is InChI=1S/C17H19BrN4O3S/c1-3-13(15(23)21-11-7-5-10(18)6-8-11)26-17-20-9-12(14(19)22-17)16(24)25-4-2/h5-9,13H,3-4H2,1-2H3,(H,21,23)(H2,19,20,22)/t13-/m1/s1. The molecule has 0 aliphatic rings. The van der Waals surface area contributed by atoms with Crippen LogP contribution in [0.1, 0.15) is 30.6 Å². The number of ether oxygens (including phenoxy) is 1. The number of halogens is 1. The zero-order chi connectivity index (χ0) is 19.1. The van der Waals surface area contributed by atoms with Gasteiger partial charge in [0.05, 0.1) is 11.9 Å². The zero-order valence-electron chi connectivity index (χ0n) is 14.4. The summed E-state index contributed by atoms with van der Waals surface area (Å²) in [5.74, 6) is -0.692. The molecule has 9 heteroatoms. The Balaban J connectivity index is 2.06. The van der Waals surface area contributed by atoms with Crippen molar-refractivity contribution >= 4 is 51.1 Å². The van der Waals surface area contributed by atoms with Gasteiger partial charge in [-0.3, -0.25) is 4.79 Å². The van der Waals surface area contributed by atoms with Crippen LogP contribution in [0.5, 0.6) is 0 Å². The maximum absolute atomic E-state index is 12.5. The van der Waals surface area contributed by atoms with E-state index in [1.54, 1.807) is 6.92 Å². The minimum Gasteiger partial charge on any atom is -0.462 e. The van der Waals surface area contributed by atoms with Gasteiger partial charge >= 0.3 is 5.97 Å². The van der Waals surface area contributed by atoms with Gasteiger partial charge in [-0.15, -0.1) is 0 Å². The number of hydrogen-bond donors (Lipinski definition) is 2. The molecular formula is C17H19BrN4O3S. The Morgan fingerprint density at radius 3 is 2.58 bits per heavy atom. The van der Waals surface area contributed by atoms with Crippen LogP contribution in [-0.4, -0.2) is 33.7 Å². The molecule has 0 saturated carbocycles. The highest BCUT2D eigenvalue weighted by atomic mass is 79.9. The molecule has 0 spiro atoms. The molecule has 1 amide bonds. The summed E-state index contributed by atoms with van der Waals surface area (Å²) in [4.78, 5) is 32.4. The number of rotatable bonds is 7. The third-order valence-corrected chi connectivity index (χ3v) is 5.08. The molecule has 0 fully saturated rings. The van der Waals surface area contributed by atoms with Crippen LogP contribution in [0.4, 0.5) is 11.5 Å². The van der Waals surface area contributed by atoms with E-state index in [0.717, 1.165) is 4.47 Å². The van der Waals surface area contributed by atoms with Gasteiger partial charge < -0.3 is 15.8 Å². The van der Waals surface area contributed by atoms with Gasteiger partial charge in [0, 0.05) is 16.4 Å². The van der Waals surface area contributed by atoms with Crippen LogP contribution in [0.3, 0.4) is 0 Å². The number of esters is 1. The topological polar surface area (TPSA) is 107 Å². The van der Waals surface area contributed by atoms with Gasteiger partial charge in [0.25, 0.3) is 0 Å². The van der Waals surface area contributed by atoms with Crippen LogP contribution >= 0.6 is 27.7 Å². The normalized spacial score (nSPS) is 11.7. The van der Waals surface area contributed by atoms with Gasteiger partial charge in [-0.05, 0) is 37.6 Å². The highest BCUT2D eigenvalue weighted by Gasteiger charge is 2.21. The van der Waals surface area contributed by atoms with E-state index in [0.29, 0.717) is 17.3 Å². The lowest BCUT2D eigenvalue weighted by atomic mass is 10.3. The number of thioether (sulfide) groups is 1. The van der Waals surface area contributed by atoms with Gasteiger partial charge in [-0.2, -0.15) is 0 Å². The summed E-state index contributed by atoms with van der Waals surface area (Å²) in [5, 5.41) is 2.79. The number of aromatic nitrogens is 2. The average Bonchev–Trinajstić information content (AvgIpc) is 2.61. The van der Waals surface area contributed by atoms with E-state index in [1.165, 1.54) is 18.0 Å². The van der Waals surface area contributed by atoms with Crippen molar-refractivity contribution in [1.29, 1.82) is 0 Å². The van der Waals surface area contributed by atoms with Crippen molar-refractivity contribution < 1.29 is 14.3 Å². The van der Waals surface area contributed by atoms with Crippen LogP contribution in [0.2, 0.25) is 0 Å². The largest absolute Gasteiger partial charge is 0.462 e. The second-order valence-corrected chi connectivity index (χ2v) is 7.27. The Morgan fingerprint density at radius 2 is 2.00 bits per heavy atom. The molecule has 1 aromatic heterocycles. The highest BCUT2D eigenvalue weighted by Crippen LogP contribution is 2.25. The first-order chi connectivity index (χ1) is 12.4. The van der Waals surface area contributed by atoms with Crippen molar-refractivity contribution in [2.45, 2.75) is 30.7 Å². The monoisotopic (exact) mass is 438 g/mol. The maximum atomic E-state index is 12.5. The van der Waals surface area contributed by atoms with Gasteiger partial charge in [0.2, 0.25) is 5.91 Å². The first-order valence-electron chi connectivity index (χ1n) is 7.97. The fourth-order valence-corrected chi connectivity index (χ4v) is 3.12. The molecule has 3 N–H and O–H groups in total. The van der Waals surface area contributed by atoms with Crippen molar-refractivity contribution in [3.8, 4) is 0 Å². The third kappa shape index (κ3) is 5.43. The summed E-state index contributed by atoms with van der Waals surface area (Å²) >= 11 is 4.54. The SMILES string of the molecule is CCOC(=O)c1cnc(S[C@H](CC)C(=O)Nc2ccc(Br)cc2)nc1N. The minimum atomic E-state index is -0.568. The molecule has 0 bridgehead atoms. The Hall–Kier alpha value is -2.13. The number of carbonyl (C=O) groups is 2. The molecule has 138 valence electrons. The predicted octanol–water partition coefficient (Wildman–Crippen LogP) is 3.51. The van der Waals surface area contributed by atoms with Crippen molar-refractivity contribution in [2.75, 3.05) is 17.7 Å². The Morgan fingerprint density at radius 1 is 1.31 bits per heavy atom. The number of hydrogen-bond acceptors (Lipinski definition) is 7. The van der Waals surface area contributed by atoms with Gasteiger partial charge in [-0.25, -0.2) is 14.8 Å². The Bertz CT molecular complexity index is 786. The van der Waals surface area contributed by atoms with E-state index in [2.05, 4.69) is 31.2 Å². The van der Waals surface area contributed by atoms with E-state index in [9.17, 15) is 9.59 Å². The second kappa shape index (κ2) is 9.54. The molecule has 2 rings (SSSR count). The zero-order valence-corrected chi connectivity index (χ0v) is 16.8. The third-order valence-electron chi connectivity index (χ3n) is 3.31. The molecular weight excluding hydrogens is 420 g/mol. The van der Waals surface area contributed by atoms with Gasteiger partial charge in [0.1, 0.15) is 11.4 Å². The number of amides is 1. The average molecular weight is 439 g/mol. The first-order valence-corrected chi connectivity index (χ1v) is 9.64. The highest BCUT2D eigenvalue weighted by molar-refractivity contribution is 9.10. The number of carbonyl (C=O) groups excluding carboxylic acids is 2. The molecule has 0 saturated heterocycles. The smallest absolute Gasteiger partial charge is 0.343 e. The first kappa shape index (κ1) is 20.2. The van der Waals surface area contributed by atoms with E-state index >= 15 is 0 Å². The van der Waals surface area contributed by atoms with Crippen LogP contribution in [0, 0.1) is 0 Å². The van der Waals surface area contributed by atoms with Crippen LogP contribution < -0.4 is 11.1 Å². The molecule has 26 heavy (non-hydrogen) atoms. The van der Waals surface area contributed by atoms with Crippen molar-refractivity contribution in [3.63, 3.8) is 0 Å². The van der Waals surface area contributed by atoms with Crippen molar-refractivity contribution in [2.24, 2.45) is 0 Å². The summed E-state index contributed by atoms with van der Waals surface area (Å²) in [6.45, 7) is 3.84. The van der Waals surface area contributed by atoms with Crippen molar-refractivity contribution in [3.05, 3.63) is 40.5 Å². The molecule has 0 unspecified atom stereocenters. The lowest BCUT2D eigenvalue weighted by molar-refractivity contribution is -0.115. The summed E-state index contributed by atoms with van der Waals surface area (Å²) in [6.07, 6.45) is 1.90. The van der Waals surface area contributed by atoms with Crippen molar-refractivity contribution in [1.82, 2.24) is 9.97 Å². The molecule has 0 aliphatic carbocycles. The van der Waals surface area contributed by atoms with E-state index < -0.39 is 11.2 Å². The number of anilines is 2. The predicted molar refractivity (Wildman–Crippen MR) is 105 cm³/mol. The van der Waals surface area contributed by atoms with E-state index in [-0.39, 0.29) is 23.9 Å². The summed E-state index contributed by atoms with van der Waals surface area (Å²) < 4.78 is 5.82. The fourth-order valence-electron chi connectivity index (χ4n) is 2.01. The van der Waals surface area contributed by atoms with Crippen LogP contribution in [0.15, 0.2) is 40.1 Å². The number of nitrogens with zero attached hydrogens (tertiary/aromatic N) is 2. The second-order valence-electron chi connectivity index (χ2n) is 5.18. The Kier molecular flexibility index (Phi) is 7.40. The summed E-state index contributed by atoms with van der Waals surface area (Å²) in [5.41, 5.74) is 6.63. The lowest BCUT2D eigenvalue weighted by Crippen LogP contribution is -2.25. The van der Waals surface area contributed by atoms with Crippen LogP contribution in [0.25, 0.3) is 0 Å². The molecule has 1 atom stereocenters. The quantitative estimate of drug-likeness (QED) is 0.386. The number of benzene rings is 1. The van der Waals surface area contributed by atoms with E-state index in [4.69, 9.17) is 10.5 Å². The Labute approximate surface area is 164 Å². The molecule has 0 aliphatic heterocycles. The summed E-state index contributed by atoms with van der Waals surface area (Å²) in [6, 6.07) is 7.31.